The number of aliphatic hydroxyl groups is 1. The highest BCUT2D eigenvalue weighted by molar-refractivity contribution is 5.99. The van der Waals surface area contributed by atoms with Crippen LogP contribution in [0.15, 0.2) is 67.5 Å². The summed E-state index contributed by atoms with van der Waals surface area (Å²) >= 11 is 0. The topological polar surface area (TPSA) is 98.6 Å². The predicted octanol–water partition coefficient (Wildman–Crippen LogP) is 4.46. The van der Waals surface area contributed by atoms with E-state index in [1.807, 2.05) is 27.8 Å². The van der Waals surface area contributed by atoms with Crippen LogP contribution in [0.5, 0.6) is 0 Å². The fraction of sp³-hybridized carbons (Fsp3) is 0.276. The number of amides is 1. The largest absolute Gasteiger partial charge is 0.389 e. The van der Waals surface area contributed by atoms with Crippen molar-refractivity contribution >= 4 is 40.0 Å². The van der Waals surface area contributed by atoms with Crippen molar-refractivity contribution in [3.05, 3.63) is 79.1 Å². The maximum Gasteiger partial charge on any atom is 0.247 e. The minimum Gasteiger partial charge on any atom is -0.389 e. The number of hydrogen-bond donors (Lipinski definition) is 3. The molecular weight excluding hydrogens is 516 g/mol. The number of nitrogens with one attached hydrogen (secondary N) is 2. The number of piperazine rings is 1. The normalized spacial score (nSPS) is 14.4. The third-order valence-corrected chi connectivity index (χ3v) is 6.64. The van der Waals surface area contributed by atoms with Gasteiger partial charge in [0.25, 0.3) is 0 Å². The average molecular weight is 548 g/mol. The predicted molar refractivity (Wildman–Crippen MR) is 152 cm³/mol. The molecule has 0 unspecified atom stereocenters. The molecule has 0 bridgehead atoms. The summed E-state index contributed by atoms with van der Waals surface area (Å²) in [6, 6.07) is 12.1. The quantitative estimate of drug-likeness (QED) is 0.280. The summed E-state index contributed by atoms with van der Waals surface area (Å²) in [6.07, 6.45) is 4.60. The van der Waals surface area contributed by atoms with Crippen molar-refractivity contribution in [2.24, 2.45) is 0 Å². The lowest BCUT2D eigenvalue weighted by molar-refractivity contribution is -0.111. The highest BCUT2D eigenvalue weighted by atomic mass is 19.2. The van der Waals surface area contributed by atoms with E-state index in [4.69, 9.17) is 0 Å². The van der Waals surface area contributed by atoms with Gasteiger partial charge in [-0.3, -0.25) is 9.69 Å². The van der Waals surface area contributed by atoms with Crippen LogP contribution in [0.3, 0.4) is 0 Å². The average Bonchev–Trinajstić information content (AvgIpc) is 3.35. The Bertz CT molecular complexity index is 1560. The Labute approximate surface area is 230 Å². The van der Waals surface area contributed by atoms with Crippen LogP contribution in [0, 0.1) is 11.6 Å². The van der Waals surface area contributed by atoms with Gasteiger partial charge in [0.2, 0.25) is 11.9 Å². The maximum atomic E-state index is 15.2. The number of rotatable bonds is 8. The van der Waals surface area contributed by atoms with Crippen molar-refractivity contribution in [1.29, 1.82) is 0 Å². The van der Waals surface area contributed by atoms with Gasteiger partial charge in [0, 0.05) is 61.9 Å². The minimum absolute atomic E-state index is 0.0755. The summed E-state index contributed by atoms with van der Waals surface area (Å²) in [4.78, 5) is 24.4. The molecular formula is C29H31F2N7O2. The van der Waals surface area contributed by atoms with Gasteiger partial charge in [-0.15, -0.1) is 0 Å². The molecule has 0 spiro atoms. The van der Waals surface area contributed by atoms with E-state index in [-0.39, 0.29) is 23.2 Å². The van der Waals surface area contributed by atoms with E-state index < -0.39 is 17.2 Å². The highest BCUT2D eigenvalue weighted by Gasteiger charge is 2.25. The first-order valence-corrected chi connectivity index (χ1v) is 12.9. The van der Waals surface area contributed by atoms with Gasteiger partial charge < -0.3 is 25.2 Å². The van der Waals surface area contributed by atoms with E-state index in [0.717, 1.165) is 11.1 Å². The highest BCUT2D eigenvalue weighted by Crippen LogP contribution is 2.30. The SMILES string of the molecule is C=CC(=O)Nc1cccc(-n2ccc3cnc(Nc4ccc(N5CCN(CC(C)(C)O)CC5)c(F)c4F)nc32)c1. The number of halogens is 2. The van der Waals surface area contributed by atoms with Gasteiger partial charge in [-0.1, -0.05) is 12.6 Å². The summed E-state index contributed by atoms with van der Waals surface area (Å²) < 4.78 is 32.1. The number of nitrogens with zero attached hydrogens (tertiary/aromatic N) is 5. The van der Waals surface area contributed by atoms with Gasteiger partial charge in [-0.2, -0.15) is 4.98 Å². The number of carbonyl (C=O) groups is 1. The molecule has 1 aliphatic heterocycles. The second-order valence-electron chi connectivity index (χ2n) is 10.4. The van der Waals surface area contributed by atoms with Crippen LogP contribution in [0.4, 0.5) is 31.8 Å². The smallest absolute Gasteiger partial charge is 0.247 e. The summed E-state index contributed by atoms with van der Waals surface area (Å²) in [5.74, 6) is -2.17. The molecule has 1 fully saturated rings. The van der Waals surface area contributed by atoms with E-state index in [9.17, 15) is 9.90 Å². The first-order valence-electron chi connectivity index (χ1n) is 12.9. The number of aromatic nitrogens is 3. The summed E-state index contributed by atoms with van der Waals surface area (Å²) in [6.45, 7) is 9.82. The molecule has 0 radical (unpaired) electrons. The third-order valence-electron chi connectivity index (χ3n) is 6.64. The van der Waals surface area contributed by atoms with Crippen LogP contribution in [-0.4, -0.2) is 68.8 Å². The van der Waals surface area contributed by atoms with Crippen molar-refractivity contribution in [3.8, 4) is 5.69 Å². The lowest BCUT2D eigenvalue weighted by Crippen LogP contribution is -2.50. The molecule has 1 amide bonds. The molecule has 4 aromatic rings. The number of anilines is 4. The van der Waals surface area contributed by atoms with Crippen molar-refractivity contribution in [3.63, 3.8) is 0 Å². The van der Waals surface area contributed by atoms with Crippen LogP contribution in [-0.2, 0) is 4.79 Å². The standard InChI is InChI=1S/C29H31F2N7O2/c1-4-24(39)33-20-6-5-7-21(16-20)38-11-10-19-17-32-28(35-27(19)38)34-22-8-9-23(26(31)25(22)30)37-14-12-36(13-15-37)18-29(2,3)40/h4-11,16-17,40H,1,12-15,18H2,2-3H3,(H,33,39)(H,32,34,35). The van der Waals surface area contributed by atoms with Crippen LogP contribution in [0.25, 0.3) is 16.7 Å². The molecule has 2 aromatic carbocycles. The van der Waals surface area contributed by atoms with Crippen LogP contribution < -0.4 is 15.5 Å². The molecule has 5 rings (SSSR count). The Morgan fingerprint density at radius 2 is 1.90 bits per heavy atom. The molecule has 0 atom stereocenters. The van der Waals surface area contributed by atoms with Gasteiger partial charge in [0.1, 0.15) is 5.65 Å². The van der Waals surface area contributed by atoms with Crippen molar-refractivity contribution < 1.29 is 18.7 Å². The fourth-order valence-electron chi connectivity index (χ4n) is 4.81. The van der Waals surface area contributed by atoms with Crippen molar-refractivity contribution in [2.45, 2.75) is 19.4 Å². The zero-order chi connectivity index (χ0) is 28.4. The molecule has 2 aromatic heterocycles. The first-order chi connectivity index (χ1) is 19.1. The molecule has 208 valence electrons. The van der Waals surface area contributed by atoms with Gasteiger partial charge in [-0.25, -0.2) is 13.8 Å². The monoisotopic (exact) mass is 547 g/mol. The molecule has 40 heavy (non-hydrogen) atoms. The second kappa shape index (κ2) is 11.0. The molecule has 9 nitrogen and oxygen atoms in total. The van der Waals surface area contributed by atoms with Crippen LogP contribution in [0.2, 0.25) is 0 Å². The molecule has 3 N–H and O–H groups in total. The molecule has 0 aliphatic carbocycles. The number of fused-ring (bicyclic) bond motifs is 1. The number of β-amino-alcohol motifs (C(OH)–C–C–N with tert-alkyl or cyclic N) is 1. The van der Waals surface area contributed by atoms with Crippen molar-refractivity contribution in [1.82, 2.24) is 19.4 Å². The zero-order valence-corrected chi connectivity index (χ0v) is 22.4. The van der Waals surface area contributed by atoms with Crippen LogP contribution in [0.1, 0.15) is 13.8 Å². The summed E-state index contributed by atoms with van der Waals surface area (Å²) in [5.41, 5.74) is 1.19. The Morgan fingerprint density at radius 1 is 1.12 bits per heavy atom. The van der Waals surface area contributed by atoms with Gasteiger partial charge >= 0.3 is 0 Å². The van der Waals surface area contributed by atoms with Gasteiger partial charge in [0.05, 0.1) is 17.0 Å². The number of benzene rings is 2. The Balaban J connectivity index is 1.34. The van der Waals surface area contributed by atoms with E-state index in [1.165, 1.54) is 12.1 Å². The van der Waals surface area contributed by atoms with E-state index in [2.05, 4.69) is 32.1 Å². The Hall–Kier alpha value is -4.35. The molecule has 0 saturated carbocycles. The lowest BCUT2D eigenvalue weighted by Gasteiger charge is -2.38. The second-order valence-corrected chi connectivity index (χ2v) is 10.4. The fourth-order valence-corrected chi connectivity index (χ4v) is 4.81. The van der Waals surface area contributed by atoms with E-state index in [0.29, 0.717) is 44.1 Å². The van der Waals surface area contributed by atoms with E-state index in [1.54, 1.807) is 44.3 Å². The van der Waals surface area contributed by atoms with Gasteiger partial charge in [-0.05, 0) is 56.3 Å². The molecule has 11 heteroatoms. The van der Waals surface area contributed by atoms with Crippen LogP contribution >= 0.6 is 0 Å². The zero-order valence-electron chi connectivity index (χ0n) is 22.4. The third kappa shape index (κ3) is 5.95. The maximum absolute atomic E-state index is 15.2. The van der Waals surface area contributed by atoms with Gasteiger partial charge in [0.15, 0.2) is 11.6 Å². The molecule has 3 heterocycles. The van der Waals surface area contributed by atoms with E-state index >= 15 is 8.78 Å². The van der Waals surface area contributed by atoms with Crippen molar-refractivity contribution in [2.75, 3.05) is 48.3 Å². The molecule has 1 saturated heterocycles. The minimum atomic E-state index is -1.01. The molecule has 1 aliphatic rings. The summed E-state index contributed by atoms with van der Waals surface area (Å²) in [7, 11) is 0. The Kier molecular flexibility index (Phi) is 7.51. The Morgan fingerprint density at radius 3 is 2.62 bits per heavy atom. The number of carbonyl (C=O) groups excluding carboxylic acids is 1. The summed E-state index contributed by atoms with van der Waals surface area (Å²) in [5, 5.41) is 16.3. The number of hydrogen-bond acceptors (Lipinski definition) is 7. The lowest BCUT2D eigenvalue weighted by atomic mass is 10.1. The first kappa shape index (κ1) is 27.2.